The van der Waals surface area contributed by atoms with E-state index < -0.39 is 23.5 Å². The zero-order chi connectivity index (χ0) is 14.6. The van der Waals surface area contributed by atoms with Crippen LogP contribution >= 0.6 is 11.6 Å². The number of hydrogen-bond acceptors (Lipinski definition) is 3. The van der Waals surface area contributed by atoms with Crippen LogP contribution in [0, 0.1) is 0 Å². The average molecular weight is 284 g/mol. The predicted molar refractivity (Wildman–Crippen MR) is 74.2 cm³/mol. The first-order valence-electron chi connectivity index (χ1n) is 5.99. The molecule has 0 radical (unpaired) electrons. The van der Waals surface area contributed by atoms with E-state index in [4.69, 9.17) is 16.3 Å². The summed E-state index contributed by atoms with van der Waals surface area (Å²) in [6.07, 6.45) is 0. The smallest absolute Gasteiger partial charge is 0.328 e. The number of hydrogen-bond donors (Lipinski definition) is 1. The minimum Gasteiger partial charge on any atom is -0.458 e. The Morgan fingerprint density at radius 2 is 1.84 bits per heavy atom. The summed E-state index contributed by atoms with van der Waals surface area (Å²) in [5.41, 5.74) is -0.250. The summed E-state index contributed by atoms with van der Waals surface area (Å²) in [5.74, 6) is -0.878. The third kappa shape index (κ3) is 4.91. The maximum absolute atomic E-state index is 11.9. The second-order valence-corrected chi connectivity index (χ2v) is 5.62. The van der Waals surface area contributed by atoms with Gasteiger partial charge in [0, 0.05) is 0 Å². The van der Waals surface area contributed by atoms with Gasteiger partial charge in [-0.2, -0.15) is 0 Å². The van der Waals surface area contributed by atoms with Crippen LogP contribution in [0.25, 0.3) is 0 Å². The normalized spacial score (nSPS) is 12.7. The molecule has 0 bridgehead atoms. The Morgan fingerprint density at radius 1 is 1.26 bits per heavy atom. The summed E-state index contributed by atoms with van der Waals surface area (Å²) in [6.45, 7) is 6.89. The molecule has 0 unspecified atom stereocenters. The standard InChI is InChI=1S/C14H18ClNO3/c1-9(13(18)19-14(2,3)4)16-12(17)10-7-5-6-8-11(10)15/h5-9H,1-4H3,(H,16,17)/t9-/m0/s1. The van der Waals surface area contributed by atoms with Crippen LogP contribution in [-0.4, -0.2) is 23.5 Å². The molecule has 4 nitrogen and oxygen atoms in total. The highest BCUT2D eigenvalue weighted by Gasteiger charge is 2.23. The minimum atomic E-state index is -0.733. The van der Waals surface area contributed by atoms with E-state index in [1.807, 2.05) is 0 Å². The third-order valence-corrected chi connectivity index (χ3v) is 2.56. The second-order valence-electron chi connectivity index (χ2n) is 5.21. The van der Waals surface area contributed by atoms with Gasteiger partial charge in [0.2, 0.25) is 0 Å². The van der Waals surface area contributed by atoms with E-state index in [0.29, 0.717) is 10.6 Å². The summed E-state index contributed by atoms with van der Waals surface area (Å²) in [5, 5.41) is 2.91. The lowest BCUT2D eigenvalue weighted by atomic mass is 10.2. The summed E-state index contributed by atoms with van der Waals surface area (Å²) >= 11 is 5.91. The van der Waals surface area contributed by atoms with Crippen LogP contribution in [0.15, 0.2) is 24.3 Å². The Morgan fingerprint density at radius 3 is 2.37 bits per heavy atom. The van der Waals surface area contributed by atoms with Crippen LogP contribution in [0.4, 0.5) is 0 Å². The molecule has 19 heavy (non-hydrogen) atoms. The van der Waals surface area contributed by atoms with E-state index in [0.717, 1.165) is 0 Å². The van der Waals surface area contributed by atoms with Crippen molar-refractivity contribution in [1.82, 2.24) is 5.32 Å². The molecule has 1 amide bonds. The van der Waals surface area contributed by atoms with Gasteiger partial charge >= 0.3 is 5.97 Å². The number of carbonyl (C=O) groups excluding carboxylic acids is 2. The summed E-state index contributed by atoms with van der Waals surface area (Å²) < 4.78 is 5.18. The molecule has 0 aliphatic heterocycles. The van der Waals surface area contributed by atoms with Crippen LogP contribution in [0.5, 0.6) is 0 Å². The van der Waals surface area contributed by atoms with Gasteiger partial charge in [-0.15, -0.1) is 0 Å². The highest BCUT2D eigenvalue weighted by molar-refractivity contribution is 6.33. The number of benzene rings is 1. The predicted octanol–water partition coefficient (Wildman–Crippen LogP) is 2.80. The first-order valence-corrected chi connectivity index (χ1v) is 6.37. The van der Waals surface area contributed by atoms with Gasteiger partial charge in [0.05, 0.1) is 10.6 Å². The van der Waals surface area contributed by atoms with E-state index in [1.54, 1.807) is 52.0 Å². The molecule has 0 saturated carbocycles. The molecule has 1 N–H and O–H groups in total. The molecule has 1 atom stereocenters. The van der Waals surface area contributed by atoms with Crippen molar-refractivity contribution in [3.63, 3.8) is 0 Å². The molecule has 1 aromatic carbocycles. The number of halogens is 1. The number of ether oxygens (including phenoxy) is 1. The van der Waals surface area contributed by atoms with E-state index in [2.05, 4.69) is 5.32 Å². The molecule has 0 saturated heterocycles. The monoisotopic (exact) mass is 283 g/mol. The maximum atomic E-state index is 11.9. The Labute approximate surface area is 118 Å². The number of amides is 1. The molecule has 0 aromatic heterocycles. The Bertz CT molecular complexity index is 480. The number of esters is 1. The third-order valence-electron chi connectivity index (χ3n) is 2.23. The molecule has 0 aliphatic rings. The van der Waals surface area contributed by atoms with Crippen LogP contribution in [0.2, 0.25) is 5.02 Å². The van der Waals surface area contributed by atoms with Gasteiger partial charge in [-0.25, -0.2) is 4.79 Å². The minimum absolute atomic E-state index is 0.333. The summed E-state index contributed by atoms with van der Waals surface area (Å²) in [7, 11) is 0. The fourth-order valence-corrected chi connectivity index (χ4v) is 1.59. The second kappa shape index (κ2) is 6.06. The Balaban J connectivity index is 2.67. The van der Waals surface area contributed by atoms with E-state index in [1.165, 1.54) is 0 Å². The molecule has 0 spiro atoms. The topological polar surface area (TPSA) is 55.4 Å². The van der Waals surface area contributed by atoms with Gasteiger partial charge < -0.3 is 10.1 Å². The fraction of sp³-hybridized carbons (Fsp3) is 0.429. The van der Waals surface area contributed by atoms with Crippen LogP contribution in [0.3, 0.4) is 0 Å². The zero-order valence-corrected chi connectivity index (χ0v) is 12.2. The highest BCUT2D eigenvalue weighted by atomic mass is 35.5. The van der Waals surface area contributed by atoms with Crippen molar-refractivity contribution in [3.05, 3.63) is 34.9 Å². The Kier molecular flexibility index (Phi) is 4.95. The molecule has 0 fully saturated rings. The van der Waals surface area contributed by atoms with E-state index >= 15 is 0 Å². The maximum Gasteiger partial charge on any atom is 0.328 e. The number of nitrogens with one attached hydrogen (secondary N) is 1. The molecule has 5 heteroatoms. The van der Waals surface area contributed by atoms with Crippen LogP contribution in [-0.2, 0) is 9.53 Å². The molecule has 1 aromatic rings. The van der Waals surface area contributed by atoms with Gasteiger partial charge in [0.15, 0.2) is 0 Å². The highest BCUT2D eigenvalue weighted by Crippen LogP contribution is 2.15. The van der Waals surface area contributed by atoms with Gasteiger partial charge in [0.25, 0.3) is 5.91 Å². The lowest BCUT2D eigenvalue weighted by Gasteiger charge is -2.22. The van der Waals surface area contributed by atoms with Crippen molar-refractivity contribution in [1.29, 1.82) is 0 Å². The van der Waals surface area contributed by atoms with Gasteiger partial charge in [-0.1, -0.05) is 23.7 Å². The van der Waals surface area contributed by atoms with Crippen LogP contribution in [0.1, 0.15) is 38.1 Å². The van der Waals surface area contributed by atoms with E-state index in [9.17, 15) is 9.59 Å². The fourth-order valence-electron chi connectivity index (χ4n) is 1.37. The SMILES string of the molecule is C[C@H](NC(=O)c1ccccc1Cl)C(=O)OC(C)(C)C. The number of rotatable bonds is 3. The van der Waals surface area contributed by atoms with Gasteiger partial charge in [0.1, 0.15) is 11.6 Å². The lowest BCUT2D eigenvalue weighted by molar-refractivity contribution is -0.156. The molecular formula is C14H18ClNO3. The van der Waals surface area contributed by atoms with Gasteiger partial charge in [-0.05, 0) is 39.8 Å². The molecule has 0 aliphatic carbocycles. The molecule has 1 rings (SSSR count). The first-order chi connectivity index (χ1) is 8.70. The average Bonchev–Trinajstić information content (AvgIpc) is 2.27. The van der Waals surface area contributed by atoms with Crippen molar-refractivity contribution in [2.75, 3.05) is 0 Å². The van der Waals surface area contributed by atoms with Crippen molar-refractivity contribution >= 4 is 23.5 Å². The van der Waals surface area contributed by atoms with Crippen molar-refractivity contribution in [2.24, 2.45) is 0 Å². The zero-order valence-electron chi connectivity index (χ0n) is 11.5. The lowest BCUT2D eigenvalue weighted by Crippen LogP contribution is -2.42. The Hall–Kier alpha value is -1.55. The van der Waals surface area contributed by atoms with Crippen molar-refractivity contribution in [3.8, 4) is 0 Å². The first kappa shape index (κ1) is 15.5. The quantitative estimate of drug-likeness (QED) is 0.868. The molecular weight excluding hydrogens is 266 g/mol. The summed E-state index contributed by atoms with van der Waals surface area (Å²) in [4.78, 5) is 23.7. The van der Waals surface area contributed by atoms with Gasteiger partial charge in [-0.3, -0.25) is 4.79 Å². The van der Waals surface area contributed by atoms with E-state index in [-0.39, 0.29) is 0 Å². The number of carbonyl (C=O) groups is 2. The van der Waals surface area contributed by atoms with Crippen LogP contribution < -0.4 is 5.32 Å². The largest absolute Gasteiger partial charge is 0.458 e. The van der Waals surface area contributed by atoms with Crippen molar-refractivity contribution in [2.45, 2.75) is 39.3 Å². The molecule has 104 valence electrons. The summed E-state index contributed by atoms with van der Waals surface area (Å²) in [6, 6.07) is 5.92. The van der Waals surface area contributed by atoms with Crippen molar-refractivity contribution < 1.29 is 14.3 Å². The molecule has 0 heterocycles.